The number of hydrogen-bond donors (Lipinski definition) is 0. The molecule has 1 amide bonds. The van der Waals surface area contributed by atoms with Crippen molar-refractivity contribution in [1.29, 1.82) is 0 Å². The van der Waals surface area contributed by atoms with Crippen LogP contribution < -0.4 is 9.47 Å². The van der Waals surface area contributed by atoms with Gasteiger partial charge in [-0.05, 0) is 72.8 Å². The van der Waals surface area contributed by atoms with Gasteiger partial charge in [0.1, 0.15) is 6.04 Å². The zero-order chi connectivity index (χ0) is 25.2. The quantitative estimate of drug-likeness (QED) is 0.505. The van der Waals surface area contributed by atoms with Crippen LogP contribution in [0.25, 0.3) is 0 Å². The predicted octanol–water partition coefficient (Wildman–Crippen LogP) is 4.88. The van der Waals surface area contributed by atoms with E-state index in [4.69, 9.17) is 14.2 Å². The van der Waals surface area contributed by atoms with E-state index in [1.165, 1.54) is 12.7 Å². The van der Waals surface area contributed by atoms with E-state index in [-0.39, 0.29) is 17.8 Å². The van der Waals surface area contributed by atoms with Crippen LogP contribution in [0.3, 0.4) is 0 Å². The van der Waals surface area contributed by atoms with Crippen molar-refractivity contribution in [3.05, 3.63) is 59.2 Å². The molecular weight excluding hydrogens is 442 g/mol. The van der Waals surface area contributed by atoms with Crippen molar-refractivity contribution in [3.63, 3.8) is 0 Å². The summed E-state index contributed by atoms with van der Waals surface area (Å²) in [5.74, 6) is 1.74. The molecule has 1 aliphatic carbocycles. The van der Waals surface area contributed by atoms with Gasteiger partial charge in [-0.2, -0.15) is 0 Å². The first-order valence-corrected chi connectivity index (χ1v) is 12.5. The van der Waals surface area contributed by atoms with E-state index in [0.29, 0.717) is 30.4 Å². The third-order valence-electron chi connectivity index (χ3n) is 7.53. The van der Waals surface area contributed by atoms with E-state index in [1.54, 1.807) is 19.1 Å². The molecule has 0 N–H and O–H groups in total. The number of amides is 1. The van der Waals surface area contributed by atoms with Crippen molar-refractivity contribution in [1.82, 2.24) is 4.90 Å². The molecular formula is C29H37NO5. The van der Waals surface area contributed by atoms with Gasteiger partial charge in [-0.15, -0.1) is 0 Å². The standard InChI is InChI=1S/C29H37NO5/c1-19(2)16-20-6-9-23(10-7-20)29(13-14-29)28(32)30-15-12-22(17-24(30)27(31)35-5)21-8-11-25(33-3)26(18-21)34-4/h6-11,18-19,22,24H,12-17H2,1-5H3. The first-order chi connectivity index (χ1) is 16.8. The first-order valence-electron chi connectivity index (χ1n) is 12.5. The summed E-state index contributed by atoms with van der Waals surface area (Å²) in [6.07, 6.45) is 3.96. The maximum Gasteiger partial charge on any atom is 0.328 e. The summed E-state index contributed by atoms with van der Waals surface area (Å²) in [7, 11) is 4.62. The third kappa shape index (κ3) is 5.02. The number of likely N-dealkylation sites (tertiary alicyclic amines) is 1. The lowest BCUT2D eigenvalue weighted by molar-refractivity contribution is -0.156. The highest BCUT2D eigenvalue weighted by Crippen LogP contribution is 2.51. The molecule has 1 aliphatic heterocycles. The summed E-state index contributed by atoms with van der Waals surface area (Å²) >= 11 is 0. The molecule has 6 heteroatoms. The minimum Gasteiger partial charge on any atom is -0.493 e. The fourth-order valence-corrected chi connectivity index (χ4v) is 5.43. The Kier molecular flexibility index (Phi) is 7.39. The molecule has 0 bridgehead atoms. The second-order valence-electron chi connectivity index (χ2n) is 10.3. The zero-order valence-electron chi connectivity index (χ0n) is 21.5. The van der Waals surface area contributed by atoms with Crippen molar-refractivity contribution in [2.24, 2.45) is 5.92 Å². The van der Waals surface area contributed by atoms with Crippen LogP contribution in [-0.4, -0.2) is 50.7 Å². The molecule has 35 heavy (non-hydrogen) atoms. The molecule has 2 fully saturated rings. The number of ether oxygens (including phenoxy) is 3. The molecule has 6 nitrogen and oxygen atoms in total. The Balaban J connectivity index is 1.55. The van der Waals surface area contributed by atoms with Gasteiger partial charge in [0.15, 0.2) is 11.5 Å². The van der Waals surface area contributed by atoms with Gasteiger partial charge in [-0.3, -0.25) is 4.79 Å². The summed E-state index contributed by atoms with van der Waals surface area (Å²) in [5.41, 5.74) is 2.90. The number of carbonyl (C=O) groups is 2. The molecule has 0 spiro atoms. The molecule has 0 radical (unpaired) electrons. The Labute approximate surface area is 208 Å². The molecule has 0 aromatic heterocycles. The Hall–Kier alpha value is -3.02. The van der Waals surface area contributed by atoms with Crippen LogP contribution in [-0.2, 0) is 26.2 Å². The van der Waals surface area contributed by atoms with E-state index >= 15 is 0 Å². The molecule has 2 aromatic rings. The summed E-state index contributed by atoms with van der Waals surface area (Å²) in [5, 5.41) is 0. The summed E-state index contributed by atoms with van der Waals surface area (Å²) in [6.45, 7) is 4.93. The number of carbonyl (C=O) groups excluding carboxylic acids is 2. The largest absolute Gasteiger partial charge is 0.493 e. The monoisotopic (exact) mass is 479 g/mol. The van der Waals surface area contributed by atoms with E-state index in [2.05, 4.69) is 38.1 Å². The van der Waals surface area contributed by atoms with Gasteiger partial charge in [-0.25, -0.2) is 4.79 Å². The van der Waals surface area contributed by atoms with E-state index < -0.39 is 11.5 Å². The number of esters is 1. The van der Waals surface area contributed by atoms with Crippen molar-refractivity contribution in [2.45, 2.75) is 63.3 Å². The van der Waals surface area contributed by atoms with Crippen LogP contribution in [0, 0.1) is 5.92 Å². The topological polar surface area (TPSA) is 65.1 Å². The normalized spacial score (nSPS) is 20.9. The highest BCUT2D eigenvalue weighted by atomic mass is 16.5. The second-order valence-corrected chi connectivity index (χ2v) is 10.3. The average Bonchev–Trinajstić information content (AvgIpc) is 3.69. The first kappa shape index (κ1) is 25.1. The summed E-state index contributed by atoms with van der Waals surface area (Å²) in [6, 6.07) is 13.8. The molecule has 2 aromatic carbocycles. The maximum absolute atomic E-state index is 13.9. The second kappa shape index (κ2) is 10.3. The van der Waals surface area contributed by atoms with Gasteiger partial charge in [0.25, 0.3) is 0 Å². The number of piperidine rings is 1. The van der Waals surface area contributed by atoms with E-state index in [0.717, 1.165) is 36.8 Å². The Morgan fingerprint density at radius 3 is 2.26 bits per heavy atom. The minimum absolute atomic E-state index is 0.0512. The number of nitrogens with zero attached hydrogens (tertiary/aromatic N) is 1. The zero-order valence-corrected chi connectivity index (χ0v) is 21.5. The average molecular weight is 480 g/mol. The fraction of sp³-hybridized carbons (Fsp3) is 0.517. The van der Waals surface area contributed by atoms with Gasteiger partial charge < -0.3 is 19.1 Å². The SMILES string of the molecule is COC(=O)C1CC(c2ccc(OC)c(OC)c2)CCN1C(=O)C1(c2ccc(CC(C)C)cc2)CC1. The van der Waals surface area contributed by atoms with Crippen LogP contribution >= 0.6 is 0 Å². The van der Waals surface area contributed by atoms with Crippen molar-refractivity contribution in [3.8, 4) is 11.5 Å². The van der Waals surface area contributed by atoms with Crippen LogP contribution in [0.4, 0.5) is 0 Å². The summed E-state index contributed by atoms with van der Waals surface area (Å²) < 4.78 is 16.0. The molecule has 4 rings (SSSR count). The van der Waals surface area contributed by atoms with Gasteiger partial charge in [0.05, 0.1) is 26.7 Å². The van der Waals surface area contributed by atoms with Crippen molar-refractivity contribution >= 4 is 11.9 Å². The van der Waals surface area contributed by atoms with Gasteiger partial charge in [0.2, 0.25) is 5.91 Å². The predicted molar refractivity (Wildman–Crippen MR) is 135 cm³/mol. The number of hydrogen-bond acceptors (Lipinski definition) is 5. The number of rotatable bonds is 8. The molecule has 2 atom stereocenters. The van der Waals surface area contributed by atoms with Crippen molar-refractivity contribution in [2.75, 3.05) is 27.9 Å². The fourth-order valence-electron chi connectivity index (χ4n) is 5.43. The lowest BCUT2D eigenvalue weighted by atomic mass is 9.83. The smallest absolute Gasteiger partial charge is 0.328 e. The van der Waals surface area contributed by atoms with Gasteiger partial charge >= 0.3 is 5.97 Å². The van der Waals surface area contributed by atoms with E-state index in [1.807, 2.05) is 18.2 Å². The molecule has 2 aliphatic rings. The molecule has 188 valence electrons. The highest BCUT2D eigenvalue weighted by Gasteiger charge is 2.55. The van der Waals surface area contributed by atoms with Crippen LogP contribution in [0.15, 0.2) is 42.5 Å². The Morgan fingerprint density at radius 2 is 1.69 bits per heavy atom. The molecule has 1 saturated heterocycles. The highest BCUT2D eigenvalue weighted by molar-refractivity contribution is 5.94. The Bertz CT molecular complexity index is 1060. The van der Waals surface area contributed by atoms with Crippen LogP contribution in [0.5, 0.6) is 11.5 Å². The van der Waals surface area contributed by atoms with Crippen molar-refractivity contribution < 1.29 is 23.8 Å². The molecule has 1 heterocycles. The maximum atomic E-state index is 13.9. The summed E-state index contributed by atoms with van der Waals surface area (Å²) in [4.78, 5) is 28.5. The van der Waals surface area contributed by atoms with E-state index in [9.17, 15) is 9.59 Å². The third-order valence-corrected chi connectivity index (χ3v) is 7.53. The lowest BCUT2D eigenvalue weighted by Gasteiger charge is -2.40. The van der Waals surface area contributed by atoms with Gasteiger partial charge in [-0.1, -0.05) is 44.2 Å². The lowest BCUT2D eigenvalue weighted by Crippen LogP contribution is -2.53. The molecule has 1 saturated carbocycles. The van der Waals surface area contributed by atoms with Crippen LogP contribution in [0.2, 0.25) is 0 Å². The van der Waals surface area contributed by atoms with Gasteiger partial charge in [0, 0.05) is 6.54 Å². The number of benzene rings is 2. The van der Waals surface area contributed by atoms with Crippen LogP contribution in [0.1, 0.15) is 62.1 Å². The number of methoxy groups -OCH3 is 3. The minimum atomic E-state index is -0.600. The molecule has 2 unspecified atom stereocenters. The Morgan fingerprint density at radius 1 is 1.00 bits per heavy atom.